The van der Waals surface area contributed by atoms with Crippen LogP contribution in [0.15, 0.2) is 48.7 Å². The van der Waals surface area contributed by atoms with Gasteiger partial charge in [-0.3, -0.25) is 8.51 Å². The minimum atomic E-state index is -2.91. The maximum Gasteiger partial charge on any atom is 0.338 e. The van der Waals surface area contributed by atoms with Crippen LogP contribution < -0.4 is 18.5 Å². The van der Waals surface area contributed by atoms with E-state index in [1.54, 1.807) is 24.4 Å². The average Bonchev–Trinajstić information content (AvgIpc) is 2.89. The summed E-state index contributed by atoms with van der Waals surface area (Å²) < 4.78 is 47.8. The van der Waals surface area contributed by atoms with E-state index in [0.29, 0.717) is 5.75 Å². The molecular formula is C25H26ClN2O8S-. The predicted molar refractivity (Wildman–Crippen MR) is 138 cm³/mol. The van der Waals surface area contributed by atoms with Crippen molar-refractivity contribution in [3.63, 3.8) is 0 Å². The van der Waals surface area contributed by atoms with Crippen molar-refractivity contribution < 1.29 is 37.6 Å². The highest BCUT2D eigenvalue weighted by Crippen LogP contribution is 2.46. The van der Waals surface area contributed by atoms with Crippen LogP contribution in [0.5, 0.6) is 23.0 Å². The van der Waals surface area contributed by atoms with Crippen LogP contribution in [-0.2, 0) is 16.0 Å². The molecule has 0 amide bonds. The lowest BCUT2D eigenvalue weighted by molar-refractivity contribution is 0.0600. The second-order valence-corrected chi connectivity index (χ2v) is 9.11. The highest BCUT2D eigenvalue weighted by Gasteiger charge is 2.26. The van der Waals surface area contributed by atoms with Crippen LogP contribution in [0.3, 0.4) is 0 Å². The van der Waals surface area contributed by atoms with Crippen molar-refractivity contribution in [1.29, 1.82) is 0 Å². The molecule has 0 saturated heterocycles. The number of benzene rings is 2. The first-order chi connectivity index (χ1) is 17.7. The summed E-state index contributed by atoms with van der Waals surface area (Å²) in [6, 6.07) is 10.5. The lowest BCUT2D eigenvalue weighted by atomic mass is 10.1. The molecule has 0 aliphatic carbocycles. The third-order valence-electron chi connectivity index (χ3n) is 5.17. The molecule has 1 unspecified atom stereocenters. The highest BCUT2D eigenvalue weighted by molar-refractivity contribution is 7.81. The van der Waals surface area contributed by atoms with E-state index < -0.39 is 17.2 Å². The normalized spacial score (nSPS) is 11.7. The van der Waals surface area contributed by atoms with Crippen molar-refractivity contribution in [2.24, 2.45) is 0 Å². The van der Waals surface area contributed by atoms with Crippen molar-refractivity contribution in [2.45, 2.75) is 19.8 Å². The van der Waals surface area contributed by atoms with Crippen molar-refractivity contribution in [1.82, 2.24) is 4.98 Å². The molecule has 1 N–H and O–H groups in total. The zero-order valence-electron chi connectivity index (χ0n) is 20.6. The third kappa shape index (κ3) is 6.69. The second kappa shape index (κ2) is 12.7. The Hall–Kier alpha value is -3.38. The fourth-order valence-electron chi connectivity index (χ4n) is 3.28. The fraction of sp³-hybridized carbons (Fsp3) is 0.280. The van der Waals surface area contributed by atoms with Crippen LogP contribution in [0.4, 0.5) is 11.5 Å². The Morgan fingerprint density at radius 3 is 2.49 bits per heavy atom. The molecular weight excluding hydrogens is 524 g/mol. The van der Waals surface area contributed by atoms with E-state index in [2.05, 4.69) is 4.98 Å². The van der Waals surface area contributed by atoms with Gasteiger partial charge in [0.25, 0.3) is 0 Å². The minimum absolute atomic E-state index is 0.0243. The number of aliphatic hydroxyl groups excluding tert-OH is 1. The van der Waals surface area contributed by atoms with Crippen LogP contribution in [0.2, 0.25) is 5.02 Å². The van der Waals surface area contributed by atoms with Gasteiger partial charge in [0.1, 0.15) is 29.6 Å². The number of carbonyl (C=O) groups is 1. The maximum atomic E-state index is 12.6. The number of hydrogen-bond acceptors (Lipinski definition) is 9. The summed E-state index contributed by atoms with van der Waals surface area (Å²) in [5.74, 6) is -0.129. The van der Waals surface area contributed by atoms with Crippen molar-refractivity contribution >= 4 is 40.3 Å². The molecule has 0 aliphatic rings. The zero-order chi connectivity index (χ0) is 27.1. The number of esters is 1. The summed E-state index contributed by atoms with van der Waals surface area (Å²) in [5, 5.41) is 9.55. The number of pyridine rings is 1. The summed E-state index contributed by atoms with van der Waals surface area (Å²) in [6.07, 6.45) is 1.56. The Balaban J connectivity index is 2.29. The molecule has 0 radical (unpaired) electrons. The SMILES string of the molecule is COC(=O)c1cc(OCCO)c(Oc2cc(OC)ccc2Cl)c(N(c2ccc(C(C)C)cn2)S(=O)[O-])c1. The summed E-state index contributed by atoms with van der Waals surface area (Å²) in [7, 11) is 2.65. The van der Waals surface area contributed by atoms with E-state index in [0.717, 1.165) is 9.87 Å². The van der Waals surface area contributed by atoms with Crippen LogP contribution in [0.25, 0.3) is 0 Å². The van der Waals surface area contributed by atoms with Crippen LogP contribution in [0, 0.1) is 0 Å². The average molecular weight is 550 g/mol. The van der Waals surface area contributed by atoms with E-state index in [4.69, 9.17) is 30.5 Å². The predicted octanol–water partition coefficient (Wildman–Crippen LogP) is 4.75. The molecule has 0 saturated carbocycles. The van der Waals surface area contributed by atoms with Gasteiger partial charge in [0.05, 0.1) is 42.7 Å². The number of methoxy groups -OCH3 is 2. The maximum absolute atomic E-state index is 12.6. The Bertz CT molecular complexity index is 1270. The molecule has 1 heterocycles. The number of halogens is 1. The number of aliphatic hydroxyl groups is 1. The summed E-state index contributed by atoms with van der Waals surface area (Å²) in [4.78, 5) is 16.8. The van der Waals surface area contributed by atoms with Gasteiger partial charge >= 0.3 is 5.97 Å². The van der Waals surface area contributed by atoms with Gasteiger partial charge in [-0.1, -0.05) is 31.5 Å². The second-order valence-electron chi connectivity index (χ2n) is 7.90. The number of ether oxygens (including phenoxy) is 4. The molecule has 2 aromatic carbocycles. The minimum Gasteiger partial charge on any atom is -0.755 e. The van der Waals surface area contributed by atoms with E-state index in [1.165, 1.54) is 38.5 Å². The number of rotatable bonds is 11. The van der Waals surface area contributed by atoms with Crippen molar-refractivity contribution in [3.05, 3.63) is 64.8 Å². The van der Waals surface area contributed by atoms with E-state index in [9.17, 15) is 18.7 Å². The Morgan fingerprint density at radius 2 is 1.92 bits per heavy atom. The monoisotopic (exact) mass is 549 g/mol. The van der Waals surface area contributed by atoms with Gasteiger partial charge in [0, 0.05) is 12.3 Å². The topological polar surface area (TPSA) is 130 Å². The molecule has 0 spiro atoms. The number of nitrogens with zero attached hydrogens (tertiary/aromatic N) is 2. The quantitative estimate of drug-likeness (QED) is 0.266. The Labute approximate surface area is 222 Å². The lowest BCUT2D eigenvalue weighted by Gasteiger charge is -2.29. The highest BCUT2D eigenvalue weighted by atomic mass is 35.5. The van der Waals surface area contributed by atoms with E-state index >= 15 is 0 Å². The van der Waals surface area contributed by atoms with Gasteiger partial charge in [-0.05, 0) is 41.8 Å². The third-order valence-corrected chi connectivity index (χ3v) is 6.16. The number of hydrogen-bond donors (Lipinski definition) is 1. The van der Waals surface area contributed by atoms with Crippen LogP contribution >= 0.6 is 11.6 Å². The molecule has 198 valence electrons. The molecule has 0 fully saturated rings. The van der Waals surface area contributed by atoms with Gasteiger partial charge in [-0.15, -0.1) is 0 Å². The van der Waals surface area contributed by atoms with E-state index in [-0.39, 0.29) is 58.5 Å². The van der Waals surface area contributed by atoms with Gasteiger partial charge in [0.15, 0.2) is 11.5 Å². The van der Waals surface area contributed by atoms with Crippen molar-refractivity contribution in [3.8, 4) is 23.0 Å². The Morgan fingerprint density at radius 1 is 1.16 bits per heavy atom. The largest absolute Gasteiger partial charge is 0.755 e. The number of aromatic nitrogens is 1. The zero-order valence-corrected chi connectivity index (χ0v) is 22.2. The molecule has 1 aromatic heterocycles. The summed E-state index contributed by atoms with van der Waals surface area (Å²) in [5.41, 5.74) is 0.770. The molecule has 3 aromatic rings. The standard InChI is InChI=1S/C25H27ClN2O8S/c1-15(2)16-5-8-23(27-14-16)28(37(31)32)20-11-17(25(30)34-4)12-22(35-10-9-29)24(20)36-21-13-18(33-3)6-7-19(21)26/h5-8,11-15,29H,9-10H2,1-4H3,(H,31,32)/p-1. The first-order valence-electron chi connectivity index (χ1n) is 11.1. The van der Waals surface area contributed by atoms with Gasteiger partial charge in [-0.25, -0.2) is 9.78 Å². The molecule has 10 nitrogen and oxygen atoms in total. The smallest absolute Gasteiger partial charge is 0.338 e. The van der Waals surface area contributed by atoms with Gasteiger partial charge < -0.3 is 28.6 Å². The molecule has 37 heavy (non-hydrogen) atoms. The Kier molecular flexibility index (Phi) is 9.70. The number of carbonyl (C=O) groups excluding carboxylic acids is 1. The molecule has 12 heteroatoms. The molecule has 3 rings (SSSR count). The van der Waals surface area contributed by atoms with Crippen molar-refractivity contribution in [2.75, 3.05) is 31.7 Å². The number of anilines is 2. The fourth-order valence-corrected chi connectivity index (χ4v) is 3.99. The van der Waals surface area contributed by atoms with Gasteiger partial charge in [-0.2, -0.15) is 0 Å². The van der Waals surface area contributed by atoms with Crippen LogP contribution in [-0.4, -0.2) is 52.3 Å². The lowest BCUT2D eigenvalue weighted by Crippen LogP contribution is -2.22. The summed E-state index contributed by atoms with van der Waals surface area (Å²) in [6.45, 7) is 3.43. The first kappa shape index (κ1) is 28.2. The molecule has 0 aliphatic heterocycles. The summed E-state index contributed by atoms with van der Waals surface area (Å²) >= 11 is 3.43. The molecule has 1 atom stereocenters. The molecule has 0 bridgehead atoms. The first-order valence-corrected chi connectivity index (χ1v) is 12.5. The van der Waals surface area contributed by atoms with E-state index in [1.807, 2.05) is 13.8 Å². The van der Waals surface area contributed by atoms with Crippen LogP contribution in [0.1, 0.15) is 35.7 Å². The van der Waals surface area contributed by atoms with Gasteiger partial charge in [0.2, 0.25) is 0 Å².